The van der Waals surface area contributed by atoms with Crippen molar-refractivity contribution in [2.75, 3.05) is 0 Å². The van der Waals surface area contributed by atoms with Gasteiger partial charge in [0, 0.05) is 16.8 Å². The molecule has 3 nitrogen and oxygen atoms in total. The van der Waals surface area contributed by atoms with Crippen LogP contribution in [0.2, 0.25) is 0 Å². The van der Waals surface area contributed by atoms with Crippen LogP contribution in [0.1, 0.15) is 53.9 Å². The maximum atomic E-state index is 10.3. The van der Waals surface area contributed by atoms with E-state index in [-0.39, 0.29) is 0 Å². The molecule has 2 bridgehead atoms. The Labute approximate surface area is 204 Å². The van der Waals surface area contributed by atoms with Crippen LogP contribution in [0.4, 0.5) is 0 Å². The average molecular weight is 455 g/mol. The molecule has 0 spiro atoms. The minimum absolute atomic E-state index is 0.681. The van der Waals surface area contributed by atoms with E-state index in [4.69, 9.17) is 0 Å². The number of benzene rings is 3. The van der Waals surface area contributed by atoms with Crippen molar-refractivity contribution in [1.82, 2.24) is 4.40 Å². The second-order valence-corrected chi connectivity index (χ2v) is 11.2. The molecule has 170 valence electrons. The molecule has 2 aliphatic carbocycles. The van der Waals surface area contributed by atoms with Crippen molar-refractivity contribution in [3.05, 3.63) is 70.9 Å². The van der Waals surface area contributed by atoms with Gasteiger partial charge in [-0.25, -0.2) is 4.57 Å². The van der Waals surface area contributed by atoms with Gasteiger partial charge in [0.15, 0.2) is 6.20 Å². The van der Waals surface area contributed by atoms with Crippen molar-refractivity contribution in [2.24, 2.45) is 18.9 Å². The molecule has 35 heavy (non-hydrogen) atoms. The van der Waals surface area contributed by atoms with E-state index in [0.717, 1.165) is 28.3 Å². The normalized spacial score (nSPS) is 21.9. The Morgan fingerprint density at radius 2 is 1.80 bits per heavy atom. The molecule has 0 amide bonds. The number of fused-ring (bicyclic) bond motifs is 7. The maximum Gasteiger partial charge on any atom is 0.224 e. The predicted molar refractivity (Wildman–Crippen MR) is 142 cm³/mol. The standard InChI is InChI=1S/C32H28N3/c1-17-18(2)28-31-29-21(10-11-34(31)3)14-22(24-13-19-8-9-20(24)12-19)15-27(29)35-26-7-5-4-6-23(26)30(32(28)35)25(17)16-33/h4-7,10-11,14-15,19-20,24H,8-9,12-13H2,1-3H3/q+1. The van der Waals surface area contributed by atoms with Gasteiger partial charge in [0.1, 0.15) is 13.1 Å². The Kier molecular flexibility index (Phi) is 3.66. The molecule has 2 aliphatic rings. The van der Waals surface area contributed by atoms with Crippen molar-refractivity contribution in [1.29, 1.82) is 5.26 Å². The van der Waals surface area contributed by atoms with Crippen LogP contribution in [0.15, 0.2) is 48.7 Å². The zero-order chi connectivity index (χ0) is 23.6. The molecular weight excluding hydrogens is 426 g/mol. The molecule has 0 aliphatic heterocycles. The number of nitrogens with zero attached hydrogens (tertiary/aromatic N) is 3. The second kappa shape index (κ2) is 6.52. The van der Waals surface area contributed by atoms with Gasteiger partial charge in [-0.1, -0.05) is 30.7 Å². The average Bonchev–Trinajstić information content (AvgIpc) is 3.59. The highest BCUT2D eigenvalue weighted by Crippen LogP contribution is 2.54. The highest BCUT2D eigenvalue weighted by molar-refractivity contribution is 6.27. The monoisotopic (exact) mass is 454 g/mol. The van der Waals surface area contributed by atoms with Gasteiger partial charge in [-0.2, -0.15) is 5.26 Å². The minimum Gasteiger partial charge on any atom is -0.307 e. The second-order valence-electron chi connectivity index (χ2n) is 11.2. The largest absolute Gasteiger partial charge is 0.307 e. The Morgan fingerprint density at radius 3 is 2.57 bits per heavy atom. The molecule has 3 unspecified atom stereocenters. The van der Waals surface area contributed by atoms with Crippen LogP contribution in [0.25, 0.3) is 49.0 Å². The Bertz CT molecular complexity index is 1920. The first-order valence-electron chi connectivity index (χ1n) is 13.0. The van der Waals surface area contributed by atoms with Crippen LogP contribution in [0, 0.1) is 37.0 Å². The third-order valence-corrected chi connectivity index (χ3v) is 9.67. The van der Waals surface area contributed by atoms with Gasteiger partial charge in [0.05, 0.1) is 32.9 Å². The van der Waals surface area contributed by atoms with Crippen LogP contribution >= 0.6 is 0 Å². The number of pyridine rings is 2. The molecule has 3 heteroatoms. The van der Waals surface area contributed by atoms with Crippen molar-refractivity contribution >= 4 is 49.0 Å². The number of rotatable bonds is 1. The number of hydrogen-bond donors (Lipinski definition) is 0. The number of para-hydroxylation sites is 1. The van der Waals surface area contributed by atoms with Crippen molar-refractivity contribution in [3.63, 3.8) is 0 Å². The lowest BCUT2D eigenvalue weighted by Gasteiger charge is -2.23. The summed E-state index contributed by atoms with van der Waals surface area (Å²) in [7, 11) is 2.17. The summed E-state index contributed by atoms with van der Waals surface area (Å²) in [5.41, 5.74) is 9.61. The zero-order valence-corrected chi connectivity index (χ0v) is 20.5. The molecule has 0 N–H and O–H groups in total. The minimum atomic E-state index is 0.681. The molecule has 0 radical (unpaired) electrons. The van der Waals surface area contributed by atoms with Gasteiger partial charge in [-0.15, -0.1) is 0 Å². The summed E-state index contributed by atoms with van der Waals surface area (Å²) < 4.78 is 4.77. The van der Waals surface area contributed by atoms with Gasteiger partial charge in [-0.3, -0.25) is 0 Å². The highest BCUT2D eigenvalue weighted by Gasteiger charge is 2.40. The molecule has 0 saturated heterocycles. The number of hydrogen-bond acceptors (Lipinski definition) is 1. The first kappa shape index (κ1) is 19.6. The van der Waals surface area contributed by atoms with Gasteiger partial charge >= 0.3 is 0 Å². The number of aryl methyl sites for hydroxylation is 2. The predicted octanol–water partition coefficient (Wildman–Crippen LogP) is 7.21. The van der Waals surface area contributed by atoms with Crippen LogP contribution < -0.4 is 4.57 Å². The molecule has 6 aromatic rings. The van der Waals surface area contributed by atoms with Crippen LogP contribution in [-0.2, 0) is 7.05 Å². The number of aromatic nitrogens is 2. The van der Waals surface area contributed by atoms with Gasteiger partial charge in [0.25, 0.3) is 0 Å². The molecule has 2 fully saturated rings. The van der Waals surface area contributed by atoms with E-state index in [1.54, 1.807) is 0 Å². The first-order chi connectivity index (χ1) is 17.1. The molecule has 8 rings (SSSR count). The van der Waals surface area contributed by atoms with E-state index in [9.17, 15) is 5.26 Å². The summed E-state index contributed by atoms with van der Waals surface area (Å²) in [6.07, 6.45) is 7.80. The molecular formula is C32H28N3+. The molecule has 2 saturated carbocycles. The molecule has 3 aromatic heterocycles. The zero-order valence-electron chi connectivity index (χ0n) is 20.5. The van der Waals surface area contributed by atoms with Crippen molar-refractivity contribution in [3.8, 4) is 6.07 Å². The third-order valence-electron chi connectivity index (χ3n) is 9.67. The lowest BCUT2D eigenvalue weighted by Crippen LogP contribution is -2.29. The molecule has 3 atom stereocenters. The van der Waals surface area contributed by atoms with Crippen molar-refractivity contribution in [2.45, 2.75) is 45.4 Å². The Morgan fingerprint density at radius 1 is 0.943 bits per heavy atom. The lowest BCUT2D eigenvalue weighted by molar-refractivity contribution is -0.643. The summed E-state index contributed by atoms with van der Waals surface area (Å²) in [5, 5.41) is 16.5. The fraction of sp³-hybridized carbons (Fsp3) is 0.312. The lowest BCUT2D eigenvalue weighted by atomic mass is 9.82. The molecule has 3 aromatic carbocycles. The van der Waals surface area contributed by atoms with Gasteiger partial charge < -0.3 is 4.40 Å². The van der Waals surface area contributed by atoms with Crippen LogP contribution in [0.3, 0.4) is 0 Å². The fourth-order valence-electron chi connectivity index (χ4n) is 8.00. The SMILES string of the molecule is Cc1c(C#N)c2c3ccccc3n3c4cc(C5CC6CCC5C6)cc5cc[n+](C)c(c(c1C)c23)c54. The Hall–Kier alpha value is -3.64. The van der Waals surface area contributed by atoms with E-state index in [2.05, 4.69) is 84.6 Å². The summed E-state index contributed by atoms with van der Waals surface area (Å²) in [6.45, 7) is 4.31. The van der Waals surface area contributed by atoms with Gasteiger partial charge in [0.2, 0.25) is 5.52 Å². The summed E-state index contributed by atoms with van der Waals surface area (Å²) >= 11 is 0. The van der Waals surface area contributed by atoms with E-state index < -0.39 is 0 Å². The van der Waals surface area contributed by atoms with E-state index in [0.29, 0.717) is 5.92 Å². The van der Waals surface area contributed by atoms with Crippen LogP contribution in [0.5, 0.6) is 0 Å². The topological polar surface area (TPSA) is 32.1 Å². The quantitative estimate of drug-likeness (QED) is 0.147. The maximum absolute atomic E-state index is 10.3. The summed E-state index contributed by atoms with van der Waals surface area (Å²) in [4.78, 5) is 0. The number of nitriles is 1. The van der Waals surface area contributed by atoms with E-state index in [1.807, 2.05) is 0 Å². The van der Waals surface area contributed by atoms with Crippen LogP contribution in [-0.4, -0.2) is 4.40 Å². The molecule has 3 heterocycles. The summed E-state index contributed by atoms with van der Waals surface area (Å²) in [6, 6.07) is 18.5. The van der Waals surface area contributed by atoms with E-state index >= 15 is 0 Å². The Balaban J connectivity index is 1.67. The first-order valence-corrected chi connectivity index (χ1v) is 13.0. The van der Waals surface area contributed by atoms with E-state index in [1.165, 1.54) is 80.4 Å². The van der Waals surface area contributed by atoms with Gasteiger partial charge in [-0.05, 0) is 85.1 Å². The van der Waals surface area contributed by atoms with Crippen molar-refractivity contribution < 1.29 is 4.57 Å². The highest BCUT2D eigenvalue weighted by atomic mass is 15.0. The fourth-order valence-corrected chi connectivity index (χ4v) is 8.00. The third kappa shape index (κ3) is 2.29. The summed E-state index contributed by atoms with van der Waals surface area (Å²) in [5.74, 6) is 2.45. The smallest absolute Gasteiger partial charge is 0.224 e.